The van der Waals surface area contributed by atoms with Gasteiger partial charge in [-0.2, -0.15) is 0 Å². The Balaban J connectivity index is 0.000000449. The van der Waals surface area contributed by atoms with E-state index >= 15 is 0 Å². The first-order valence-electron chi connectivity index (χ1n) is 11.2. The largest absolute Gasteiger partial charge is 0.512 e. The molecule has 0 unspecified atom stereocenters. The van der Waals surface area contributed by atoms with Gasteiger partial charge in [-0.05, 0) is 54.2 Å². The van der Waals surface area contributed by atoms with E-state index in [0.29, 0.717) is 0 Å². The molecular weight excluding hydrogens is 599 g/mol. The molecule has 1 heterocycles. The van der Waals surface area contributed by atoms with Crippen LogP contribution in [0.4, 0.5) is 0 Å². The maximum absolute atomic E-state index is 8.40. The van der Waals surface area contributed by atoms with Gasteiger partial charge in [0.05, 0.1) is 24.3 Å². The van der Waals surface area contributed by atoms with E-state index in [-0.39, 0.29) is 42.6 Å². The molecule has 0 aliphatic carbocycles. The second-order valence-electron chi connectivity index (χ2n) is 9.44. The van der Waals surface area contributed by atoms with E-state index in [0.717, 1.165) is 11.3 Å². The fourth-order valence-electron chi connectivity index (χ4n) is 4.36. The summed E-state index contributed by atoms with van der Waals surface area (Å²) >= 11 is 0. The van der Waals surface area contributed by atoms with Crippen molar-refractivity contribution in [1.29, 1.82) is 0 Å². The van der Waals surface area contributed by atoms with Gasteiger partial charge in [0, 0.05) is 20.1 Å². The van der Waals surface area contributed by atoms with Gasteiger partial charge in [-0.25, -0.2) is 0 Å². The zero-order valence-corrected chi connectivity index (χ0v) is 23.1. The fraction of sp³-hybridized carbons (Fsp3) is 0.267. The van der Waals surface area contributed by atoms with Crippen molar-refractivity contribution in [2.75, 3.05) is 0 Å². The monoisotopic (exact) mass is 632 g/mol. The molecule has 0 spiro atoms. The van der Waals surface area contributed by atoms with Crippen LogP contribution in [0.5, 0.6) is 0 Å². The van der Waals surface area contributed by atoms with E-state index in [2.05, 4.69) is 94.4 Å². The van der Waals surface area contributed by atoms with E-state index < -0.39 is 0 Å². The van der Waals surface area contributed by atoms with E-state index in [9.17, 15) is 0 Å². The van der Waals surface area contributed by atoms with Gasteiger partial charge in [0.2, 0.25) is 0 Å². The molecule has 3 aromatic rings. The van der Waals surface area contributed by atoms with Crippen molar-refractivity contribution in [1.82, 2.24) is 0 Å². The van der Waals surface area contributed by atoms with Crippen LogP contribution in [0.1, 0.15) is 58.2 Å². The number of aliphatic hydroxyl groups excluding tert-OH is 1. The van der Waals surface area contributed by atoms with Gasteiger partial charge in [-0.1, -0.05) is 62.4 Å². The first kappa shape index (κ1) is 27.4. The summed E-state index contributed by atoms with van der Waals surface area (Å²) in [6, 6.07) is 29.0. The first-order chi connectivity index (χ1) is 15.5. The van der Waals surface area contributed by atoms with Gasteiger partial charge in [0.1, 0.15) is 0 Å². The molecular formula is C30H33IrNO2. The van der Waals surface area contributed by atoms with E-state index in [1.165, 1.54) is 42.2 Å². The second kappa shape index (κ2) is 11.1. The topological polar surface area (TPSA) is 54.0 Å². The molecule has 1 radical (unpaired) electrons. The van der Waals surface area contributed by atoms with Crippen LogP contribution < -0.4 is 0 Å². The summed E-state index contributed by atoms with van der Waals surface area (Å²) in [6.07, 6.45) is 1.28. The van der Waals surface area contributed by atoms with Crippen molar-refractivity contribution < 1.29 is 30.0 Å². The van der Waals surface area contributed by atoms with E-state index in [1.54, 1.807) is 0 Å². The van der Waals surface area contributed by atoms with Gasteiger partial charge >= 0.3 is 5.78 Å². The predicted molar refractivity (Wildman–Crippen MR) is 139 cm³/mol. The summed E-state index contributed by atoms with van der Waals surface area (Å²) < 4.78 is 0. The molecule has 3 nitrogen and oxygen atoms in total. The molecule has 0 amide bonds. The summed E-state index contributed by atoms with van der Waals surface area (Å²) in [7, 11) is 0. The number of carbonyl (C=O) groups excluding carboxylic acids is 1. The Morgan fingerprint density at radius 2 is 1.38 bits per heavy atom. The van der Waals surface area contributed by atoms with Crippen LogP contribution in [-0.4, -0.2) is 21.4 Å². The number of benzene rings is 3. The number of fused-ring (bicyclic) bond motifs is 3. The number of rotatable bonds is 2. The third-order valence-electron chi connectivity index (χ3n) is 5.84. The van der Waals surface area contributed by atoms with Crippen LogP contribution in [0.3, 0.4) is 0 Å². The number of aliphatic hydroxyl groups is 1. The van der Waals surface area contributed by atoms with E-state index in [1.807, 2.05) is 12.1 Å². The molecule has 0 fully saturated rings. The molecule has 3 aromatic carbocycles. The maximum Gasteiger partial charge on any atom is 0.316 e. The number of hydrogen-bond acceptors (Lipinski definition) is 2. The molecule has 34 heavy (non-hydrogen) atoms. The average molecular weight is 632 g/mol. The molecule has 1 aliphatic rings. The summed E-state index contributed by atoms with van der Waals surface area (Å²) in [4.78, 5) is 13.7. The molecule has 0 aromatic heterocycles. The number of ketones is 1. The Hall–Kier alpha value is -2.81. The van der Waals surface area contributed by atoms with Crippen LogP contribution in [0.2, 0.25) is 0 Å². The number of allylic oxidation sites excluding steroid dienone is 2. The standard InChI is InChI=1S/C25H24N.C5H8O2.Ir/c1-24(2)21-16-10-8-14-19(21)20-15-9-11-17-22(20)25(3,4)26-23(24)18-12-6-5-7-13-18;1-4(6)3-5(2)7;/h5-12,14-17H,1-4H3;3,6H,1-2H3;/q-1;;/p+1/b;4-3-;. The molecule has 4 heteroatoms. The predicted octanol–water partition coefficient (Wildman–Crippen LogP) is 7.18. The number of hydrogen-bond donors (Lipinski definition) is 1. The van der Waals surface area contributed by atoms with Crippen LogP contribution >= 0.6 is 0 Å². The minimum absolute atomic E-state index is 0. The Morgan fingerprint density at radius 3 is 1.88 bits per heavy atom. The normalized spacial score (nSPS) is 15.6. The molecule has 1 aliphatic heterocycles. The smallest absolute Gasteiger partial charge is 0.316 e. The molecule has 179 valence electrons. The zero-order chi connectivity index (χ0) is 24.2. The Bertz CT molecular complexity index is 1200. The number of nitrogens with zero attached hydrogens (tertiary/aromatic N) is 1. The Morgan fingerprint density at radius 1 is 0.853 bits per heavy atom. The van der Waals surface area contributed by atoms with Crippen molar-refractivity contribution in [2.24, 2.45) is 4.99 Å². The van der Waals surface area contributed by atoms with Crippen molar-refractivity contribution in [3.63, 3.8) is 0 Å². The van der Waals surface area contributed by atoms with Gasteiger partial charge < -0.3 is 10.1 Å². The third kappa shape index (κ3) is 6.00. The quantitative estimate of drug-likeness (QED) is 0.139. The molecule has 0 saturated carbocycles. The maximum atomic E-state index is 8.40. The third-order valence-corrected chi connectivity index (χ3v) is 5.84. The fourth-order valence-corrected chi connectivity index (χ4v) is 4.36. The molecule has 0 bridgehead atoms. The Labute approximate surface area is 217 Å². The second-order valence-corrected chi connectivity index (χ2v) is 9.44. The van der Waals surface area contributed by atoms with Crippen LogP contribution in [0, 0.1) is 6.07 Å². The summed E-state index contributed by atoms with van der Waals surface area (Å²) in [5.41, 5.74) is 6.75. The number of aliphatic imine (C=N–C) groups is 1. The zero-order valence-electron chi connectivity index (χ0n) is 20.7. The first-order valence-corrected chi connectivity index (χ1v) is 11.2. The van der Waals surface area contributed by atoms with Crippen molar-refractivity contribution in [3.8, 4) is 11.1 Å². The van der Waals surface area contributed by atoms with E-state index in [4.69, 9.17) is 14.9 Å². The van der Waals surface area contributed by atoms with Crippen LogP contribution in [0.15, 0.2) is 89.6 Å². The van der Waals surface area contributed by atoms with Crippen molar-refractivity contribution in [2.45, 2.75) is 52.5 Å². The minimum Gasteiger partial charge on any atom is -0.512 e. The van der Waals surface area contributed by atoms with Gasteiger partial charge in [0.15, 0.2) is 0 Å². The van der Waals surface area contributed by atoms with Gasteiger partial charge in [-0.3, -0.25) is 4.79 Å². The van der Waals surface area contributed by atoms with Crippen LogP contribution in [0.25, 0.3) is 11.1 Å². The SMILES string of the molecule is CC(=[OH+])/C=C(/C)O.CC1(C)N=C(c2[c-]cccc2)C(C)(C)c2ccccc2-c2ccccc21.[Ir]. The van der Waals surface area contributed by atoms with Crippen molar-refractivity contribution >= 4 is 11.5 Å². The summed E-state index contributed by atoms with van der Waals surface area (Å²) in [5.74, 6) is 0.250. The Kier molecular flexibility index (Phi) is 8.94. The minimum atomic E-state index is -0.319. The summed E-state index contributed by atoms with van der Waals surface area (Å²) in [6.45, 7) is 12.0. The molecule has 0 saturated heterocycles. The molecule has 4 rings (SSSR count). The van der Waals surface area contributed by atoms with Crippen molar-refractivity contribution in [3.05, 3.63) is 107 Å². The van der Waals surface area contributed by atoms with Crippen LogP contribution in [-0.2, 0) is 31.1 Å². The average Bonchev–Trinajstić information content (AvgIpc) is 2.77. The molecule has 0 atom stereocenters. The van der Waals surface area contributed by atoms with Gasteiger partial charge in [-0.15, -0.1) is 35.9 Å². The molecule has 2 N–H and O–H groups in total. The summed E-state index contributed by atoms with van der Waals surface area (Å²) in [5, 5.41) is 8.40. The van der Waals surface area contributed by atoms with Gasteiger partial charge in [0.25, 0.3) is 0 Å².